The minimum Gasteiger partial charge on any atom is -0.464 e. The quantitative estimate of drug-likeness (QED) is 0.347. The Balaban J connectivity index is 1.31. The molecule has 0 aromatic heterocycles. The van der Waals surface area contributed by atoms with Gasteiger partial charge < -0.3 is 19.3 Å². The molecule has 1 saturated carbocycles. The predicted octanol–water partition coefficient (Wildman–Crippen LogP) is 1.08. The van der Waals surface area contributed by atoms with E-state index in [9.17, 15) is 36.3 Å². The molecule has 0 radical (unpaired) electrons. The van der Waals surface area contributed by atoms with Gasteiger partial charge in [-0.2, -0.15) is 17.2 Å². The molecule has 1 aliphatic carbocycles. The number of rotatable bonds is 9. The first-order chi connectivity index (χ1) is 14.9. The van der Waals surface area contributed by atoms with Crippen molar-refractivity contribution in [2.45, 2.75) is 71.8 Å². The van der Waals surface area contributed by atoms with Crippen LogP contribution in [0.1, 0.15) is 32.1 Å². The number of esters is 2. The summed E-state index contributed by atoms with van der Waals surface area (Å²) in [6.07, 6.45) is -2.80. The van der Waals surface area contributed by atoms with E-state index in [0.717, 1.165) is 12.8 Å². The van der Waals surface area contributed by atoms with E-state index >= 15 is 0 Å². The summed E-state index contributed by atoms with van der Waals surface area (Å²) in [5.41, 5.74) is -0.998. The van der Waals surface area contributed by atoms with Gasteiger partial charge in [-0.25, -0.2) is 9.18 Å². The zero-order chi connectivity index (χ0) is 23.5. The fourth-order valence-electron chi connectivity index (χ4n) is 5.29. The Hall–Kier alpha value is -1.09. The Kier molecular flexibility index (Phi) is 6.23. The number of fused-ring (bicyclic) bond motifs is 1. The SMILES string of the molecule is O=C(COC1C2OC(=O)C3C2SC1C3C1(O)CCCC1)OCCC(F)C(F)(F)S(=O)(=O)O. The average molecular weight is 505 g/mol. The highest BCUT2D eigenvalue weighted by Crippen LogP contribution is 2.63. The molecule has 0 amide bonds. The Morgan fingerprint density at radius 3 is 2.59 bits per heavy atom. The normalized spacial score (nSPS) is 36.3. The minimum absolute atomic E-state index is 0.182. The Bertz CT molecular complexity index is 877. The van der Waals surface area contributed by atoms with Gasteiger partial charge in [0.1, 0.15) is 18.8 Å². The third-order valence-corrected chi connectivity index (χ3v) is 9.43. The van der Waals surface area contributed by atoms with Crippen LogP contribution in [-0.2, 0) is 33.9 Å². The van der Waals surface area contributed by atoms with Gasteiger partial charge in [-0.05, 0) is 12.8 Å². The van der Waals surface area contributed by atoms with Crippen molar-refractivity contribution < 1.29 is 55.0 Å². The number of thioether (sulfide) groups is 1. The van der Waals surface area contributed by atoms with E-state index < -0.39 is 70.9 Å². The van der Waals surface area contributed by atoms with E-state index in [1.165, 1.54) is 11.8 Å². The van der Waals surface area contributed by atoms with Crippen molar-refractivity contribution in [3.63, 3.8) is 0 Å². The van der Waals surface area contributed by atoms with Crippen LogP contribution >= 0.6 is 11.8 Å². The van der Waals surface area contributed by atoms with Gasteiger partial charge in [0.2, 0.25) is 0 Å². The molecule has 7 unspecified atom stereocenters. The number of carbonyl (C=O) groups is 2. The van der Waals surface area contributed by atoms with Crippen molar-refractivity contribution in [2.24, 2.45) is 11.8 Å². The maximum Gasteiger partial charge on any atom is 0.400 e. The molecular formula is C18H23F3O9S2. The van der Waals surface area contributed by atoms with Crippen LogP contribution in [0.3, 0.4) is 0 Å². The third kappa shape index (κ3) is 3.91. The van der Waals surface area contributed by atoms with Crippen LogP contribution in [0, 0.1) is 11.8 Å². The van der Waals surface area contributed by atoms with Crippen LogP contribution in [0.25, 0.3) is 0 Å². The van der Waals surface area contributed by atoms with Crippen molar-refractivity contribution in [1.82, 2.24) is 0 Å². The maximum atomic E-state index is 13.4. The Labute approximate surface area is 186 Å². The number of ether oxygens (including phenoxy) is 3. The van der Waals surface area contributed by atoms with Crippen LogP contribution in [0.15, 0.2) is 0 Å². The van der Waals surface area contributed by atoms with Crippen molar-refractivity contribution >= 4 is 33.8 Å². The predicted molar refractivity (Wildman–Crippen MR) is 102 cm³/mol. The van der Waals surface area contributed by atoms with Crippen molar-refractivity contribution in [1.29, 1.82) is 0 Å². The summed E-state index contributed by atoms with van der Waals surface area (Å²) in [4.78, 5) is 24.3. The molecule has 4 rings (SSSR count). The molecule has 3 heterocycles. The van der Waals surface area contributed by atoms with Gasteiger partial charge >= 0.3 is 27.3 Å². The Morgan fingerprint density at radius 2 is 1.97 bits per heavy atom. The van der Waals surface area contributed by atoms with E-state index in [2.05, 4.69) is 4.74 Å². The average Bonchev–Trinajstić information content (AvgIpc) is 3.42. The number of aliphatic hydroxyl groups is 1. The first kappa shape index (κ1) is 24.0. The lowest BCUT2D eigenvalue weighted by Crippen LogP contribution is -2.53. The van der Waals surface area contributed by atoms with E-state index in [-0.39, 0.29) is 22.4 Å². The number of hydrogen-bond donors (Lipinski definition) is 2. The smallest absolute Gasteiger partial charge is 0.400 e. The molecule has 14 heteroatoms. The first-order valence-corrected chi connectivity index (χ1v) is 12.6. The zero-order valence-corrected chi connectivity index (χ0v) is 18.3. The summed E-state index contributed by atoms with van der Waals surface area (Å²) in [6.45, 7) is -1.48. The monoisotopic (exact) mass is 504 g/mol. The maximum absolute atomic E-state index is 13.4. The summed E-state index contributed by atoms with van der Waals surface area (Å²) >= 11 is 1.50. The Morgan fingerprint density at radius 1 is 1.31 bits per heavy atom. The van der Waals surface area contributed by atoms with Crippen LogP contribution in [0.2, 0.25) is 0 Å². The van der Waals surface area contributed by atoms with E-state index in [4.69, 9.17) is 14.0 Å². The van der Waals surface area contributed by atoms with Gasteiger partial charge in [0.15, 0.2) is 6.17 Å². The number of hydrogen-bond acceptors (Lipinski definition) is 9. The summed E-state index contributed by atoms with van der Waals surface area (Å²) in [6, 6.07) is 0. The second-order valence-electron chi connectivity index (χ2n) is 8.62. The zero-order valence-electron chi connectivity index (χ0n) is 16.7. The van der Waals surface area contributed by atoms with Crippen LogP contribution < -0.4 is 0 Å². The van der Waals surface area contributed by atoms with Crippen molar-refractivity contribution in [2.75, 3.05) is 13.2 Å². The molecule has 2 N–H and O–H groups in total. The molecule has 4 fully saturated rings. The molecule has 0 aromatic carbocycles. The van der Waals surface area contributed by atoms with Crippen molar-refractivity contribution in [3.8, 4) is 0 Å². The van der Waals surface area contributed by atoms with Crippen molar-refractivity contribution in [3.05, 3.63) is 0 Å². The molecule has 32 heavy (non-hydrogen) atoms. The molecule has 7 atom stereocenters. The largest absolute Gasteiger partial charge is 0.464 e. The fourth-order valence-corrected chi connectivity index (χ4v) is 7.89. The third-order valence-electron chi connectivity index (χ3n) is 6.73. The summed E-state index contributed by atoms with van der Waals surface area (Å²) in [7, 11) is -5.94. The van der Waals surface area contributed by atoms with Gasteiger partial charge in [-0.15, -0.1) is 11.8 Å². The van der Waals surface area contributed by atoms with Gasteiger partial charge in [0.05, 0.1) is 23.4 Å². The first-order valence-electron chi connectivity index (χ1n) is 10.2. The second-order valence-corrected chi connectivity index (χ2v) is 11.5. The van der Waals surface area contributed by atoms with Gasteiger partial charge in [0, 0.05) is 17.6 Å². The molecule has 3 saturated heterocycles. The van der Waals surface area contributed by atoms with E-state index in [0.29, 0.717) is 12.8 Å². The topological polar surface area (TPSA) is 136 Å². The van der Waals surface area contributed by atoms with Gasteiger partial charge in [-0.1, -0.05) is 12.8 Å². The van der Waals surface area contributed by atoms with Crippen LogP contribution in [0.5, 0.6) is 0 Å². The number of alkyl halides is 3. The standard InChI is InChI=1S/C18H23F3O9S2/c19-8(18(20,21)32(25,26)27)3-6-28-9(22)7-29-12-13-14-10(16(23)30-13)11(15(12)31-14)17(24)4-1-2-5-17/h8,10-15,24H,1-7H2,(H,25,26,27). The lowest BCUT2D eigenvalue weighted by Gasteiger charge is -2.39. The van der Waals surface area contributed by atoms with E-state index in [1.54, 1.807) is 0 Å². The molecule has 0 spiro atoms. The highest BCUT2D eigenvalue weighted by Gasteiger charge is 2.71. The summed E-state index contributed by atoms with van der Waals surface area (Å²) in [5.74, 6) is -2.17. The fraction of sp³-hybridized carbons (Fsp3) is 0.889. The van der Waals surface area contributed by atoms with E-state index in [1.807, 2.05) is 0 Å². The molecule has 3 aliphatic heterocycles. The van der Waals surface area contributed by atoms with Gasteiger partial charge in [0.25, 0.3) is 0 Å². The summed E-state index contributed by atoms with van der Waals surface area (Å²) in [5, 5.41) is 5.65. The molecule has 2 bridgehead atoms. The summed E-state index contributed by atoms with van der Waals surface area (Å²) < 4.78 is 84.9. The number of carbonyl (C=O) groups excluding carboxylic acids is 2. The minimum atomic E-state index is -5.94. The second kappa shape index (κ2) is 8.29. The highest BCUT2D eigenvalue weighted by molar-refractivity contribution is 8.01. The molecule has 0 aromatic rings. The van der Waals surface area contributed by atoms with Crippen LogP contribution in [0.4, 0.5) is 13.2 Å². The molecule has 9 nitrogen and oxygen atoms in total. The lowest BCUT2D eigenvalue weighted by atomic mass is 9.69. The highest BCUT2D eigenvalue weighted by atomic mass is 32.2. The number of halogens is 3. The molecular weight excluding hydrogens is 481 g/mol. The van der Waals surface area contributed by atoms with Crippen LogP contribution in [-0.4, -0.2) is 83.0 Å². The molecule has 4 aliphatic rings. The molecule has 182 valence electrons. The lowest BCUT2D eigenvalue weighted by molar-refractivity contribution is -0.156. The van der Waals surface area contributed by atoms with Gasteiger partial charge in [-0.3, -0.25) is 9.35 Å².